The van der Waals surface area contributed by atoms with Gasteiger partial charge in [-0.3, -0.25) is 0 Å². The van der Waals surface area contributed by atoms with Crippen molar-refractivity contribution >= 4 is 11.8 Å². The minimum atomic E-state index is -0.421. The molecule has 1 aromatic rings. The monoisotopic (exact) mass is 294 g/mol. The second-order valence-electron chi connectivity index (χ2n) is 5.50. The number of hydrogen-bond donors (Lipinski definition) is 1. The lowest BCUT2D eigenvalue weighted by Crippen LogP contribution is -2.12. The number of aliphatic hydroxyl groups excluding tert-OH is 1. The van der Waals surface area contributed by atoms with Gasteiger partial charge in [-0.1, -0.05) is 44.4 Å². The summed E-state index contributed by atoms with van der Waals surface area (Å²) in [6.07, 6.45) is 7.27. The average molecular weight is 294 g/mol. The van der Waals surface area contributed by atoms with Gasteiger partial charge < -0.3 is 9.84 Å². The van der Waals surface area contributed by atoms with Crippen molar-refractivity contribution in [1.29, 1.82) is 0 Å². The van der Waals surface area contributed by atoms with Gasteiger partial charge in [-0.15, -0.1) is 0 Å². The van der Waals surface area contributed by atoms with E-state index in [-0.39, 0.29) is 0 Å². The van der Waals surface area contributed by atoms with Crippen molar-refractivity contribution < 1.29 is 9.84 Å². The lowest BCUT2D eigenvalue weighted by atomic mass is 10.0. The van der Waals surface area contributed by atoms with Crippen molar-refractivity contribution in [3.8, 4) is 5.75 Å². The summed E-state index contributed by atoms with van der Waals surface area (Å²) in [5.41, 5.74) is 0.934. The van der Waals surface area contributed by atoms with E-state index in [0.717, 1.165) is 28.7 Å². The fraction of sp³-hybridized carbons (Fsp3) is 0.647. The minimum absolute atomic E-state index is 0.421. The van der Waals surface area contributed by atoms with Crippen LogP contribution in [0.25, 0.3) is 0 Å². The van der Waals surface area contributed by atoms with Crippen LogP contribution in [0.2, 0.25) is 0 Å². The molecule has 1 fully saturated rings. The third-order valence-electron chi connectivity index (χ3n) is 3.78. The van der Waals surface area contributed by atoms with E-state index in [1.54, 1.807) is 0 Å². The first-order valence-electron chi connectivity index (χ1n) is 7.82. The number of para-hydroxylation sites is 1. The molecule has 1 N–H and O–H groups in total. The van der Waals surface area contributed by atoms with Crippen LogP contribution in [0.4, 0.5) is 0 Å². The highest BCUT2D eigenvalue weighted by Gasteiger charge is 2.18. The molecule has 2 rings (SSSR count). The maximum absolute atomic E-state index is 10.4. The number of thioether (sulfide) groups is 1. The third kappa shape index (κ3) is 4.71. The Labute approximate surface area is 126 Å². The largest absolute Gasteiger partial charge is 0.493 e. The molecule has 1 atom stereocenters. The molecule has 0 radical (unpaired) electrons. The summed E-state index contributed by atoms with van der Waals surface area (Å²) in [6, 6.07) is 7.88. The van der Waals surface area contributed by atoms with Crippen LogP contribution >= 0.6 is 11.8 Å². The zero-order chi connectivity index (χ0) is 14.2. The molecule has 1 aliphatic rings. The first-order chi connectivity index (χ1) is 9.81. The lowest BCUT2D eigenvalue weighted by molar-refractivity contribution is 0.195. The van der Waals surface area contributed by atoms with E-state index in [9.17, 15) is 5.11 Å². The predicted molar refractivity (Wildman–Crippen MR) is 86.5 cm³/mol. The zero-order valence-corrected chi connectivity index (χ0v) is 13.2. The molecule has 0 saturated heterocycles. The summed E-state index contributed by atoms with van der Waals surface area (Å²) in [4.78, 5) is 0. The smallest absolute Gasteiger partial charge is 0.125 e. The van der Waals surface area contributed by atoms with Gasteiger partial charge in [0.1, 0.15) is 5.75 Å². The maximum atomic E-state index is 10.4. The van der Waals surface area contributed by atoms with Gasteiger partial charge in [0, 0.05) is 16.6 Å². The summed E-state index contributed by atoms with van der Waals surface area (Å²) in [5.74, 6) is 1.61. The van der Waals surface area contributed by atoms with Gasteiger partial charge in [0.25, 0.3) is 0 Å². The Morgan fingerprint density at radius 2 is 2.00 bits per heavy atom. The maximum Gasteiger partial charge on any atom is 0.125 e. The van der Waals surface area contributed by atoms with Crippen molar-refractivity contribution in [3.05, 3.63) is 29.8 Å². The molecule has 0 bridgehead atoms. The van der Waals surface area contributed by atoms with Crippen LogP contribution in [-0.2, 0) is 0 Å². The van der Waals surface area contributed by atoms with E-state index in [2.05, 4.69) is 6.92 Å². The van der Waals surface area contributed by atoms with Crippen LogP contribution in [0, 0.1) is 0 Å². The molecule has 112 valence electrons. The summed E-state index contributed by atoms with van der Waals surface area (Å²) in [7, 11) is 0. The highest BCUT2D eigenvalue weighted by Crippen LogP contribution is 2.33. The van der Waals surface area contributed by atoms with Gasteiger partial charge in [-0.25, -0.2) is 0 Å². The van der Waals surface area contributed by atoms with Crippen LogP contribution in [0.3, 0.4) is 0 Å². The average Bonchev–Trinajstić information content (AvgIpc) is 2.52. The van der Waals surface area contributed by atoms with E-state index < -0.39 is 6.10 Å². The van der Waals surface area contributed by atoms with Gasteiger partial charge in [0.2, 0.25) is 0 Å². The molecule has 1 aliphatic carbocycles. The van der Waals surface area contributed by atoms with Gasteiger partial charge in [-0.2, -0.15) is 11.8 Å². The number of benzene rings is 1. The molecule has 20 heavy (non-hydrogen) atoms. The Kier molecular flexibility index (Phi) is 6.74. The Balaban J connectivity index is 1.88. The van der Waals surface area contributed by atoms with Crippen LogP contribution in [-0.4, -0.2) is 22.7 Å². The molecule has 1 saturated carbocycles. The molecule has 2 nitrogen and oxygen atoms in total. The summed E-state index contributed by atoms with van der Waals surface area (Å²) in [5, 5.41) is 11.2. The van der Waals surface area contributed by atoms with E-state index in [0.29, 0.717) is 6.61 Å². The van der Waals surface area contributed by atoms with Crippen molar-refractivity contribution in [2.45, 2.75) is 56.8 Å². The second-order valence-corrected chi connectivity index (χ2v) is 6.83. The quantitative estimate of drug-likeness (QED) is 0.798. The number of ether oxygens (including phenoxy) is 1. The molecule has 1 aromatic carbocycles. The topological polar surface area (TPSA) is 29.5 Å². The molecule has 0 aliphatic heterocycles. The third-order valence-corrected chi connectivity index (χ3v) is 5.23. The fourth-order valence-electron chi connectivity index (χ4n) is 2.65. The normalized spacial score (nSPS) is 17.9. The summed E-state index contributed by atoms with van der Waals surface area (Å²) >= 11 is 1.93. The van der Waals surface area contributed by atoms with Crippen LogP contribution in [0.1, 0.15) is 57.1 Å². The Bertz CT molecular complexity index is 388. The van der Waals surface area contributed by atoms with Crippen LogP contribution in [0.15, 0.2) is 24.3 Å². The van der Waals surface area contributed by atoms with Crippen molar-refractivity contribution in [2.75, 3.05) is 12.4 Å². The minimum Gasteiger partial charge on any atom is -0.493 e. The lowest BCUT2D eigenvalue weighted by Gasteiger charge is -2.23. The Hall–Kier alpha value is -0.670. The molecule has 0 aromatic heterocycles. The second kappa shape index (κ2) is 8.58. The van der Waals surface area contributed by atoms with Gasteiger partial charge in [0.15, 0.2) is 0 Å². The molecule has 0 spiro atoms. The van der Waals surface area contributed by atoms with Crippen molar-refractivity contribution in [1.82, 2.24) is 0 Å². The van der Waals surface area contributed by atoms with Gasteiger partial charge in [0.05, 0.1) is 12.7 Å². The number of rotatable bonds is 7. The van der Waals surface area contributed by atoms with E-state index in [1.165, 1.54) is 32.1 Å². The summed E-state index contributed by atoms with van der Waals surface area (Å²) in [6.45, 7) is 2.80. The van der Waals surface area contributed by atoms with E-state index in [4.69, 9.17) is 4.74 Å². The highest BCUT2D eigenvalue weighted by atomic mass is 32.2. The van der Waals surface area contributed by atoms with Gasteiger partial charge >= 0.3 is 0 Å². The van der Waals surface area contributed by atoms with Gasteiger partial charge in [-0.05, 0) is 25.3 Å². The van der Waals surface area contributed by atoms with Crippen molar-refractivity contribution in [2.24, 2.45) is 0 Å². The number of hydrogen-bond acceptors (Lipinski definition) is 3. The molecule has 1 unspecified atom stereocenters. The first kappa shape index (κ1) is 15.7. The standard InChI is InChI=1S/C17H26O2S/c1-2-12-19-17-11-7-6-10-15(17)16(18)13-20-14-8-4-3-5-9-14/h6-7,10-11,14,16,18H,2-5,8-9,12-13H2,1H3. The van der Waals surface area contributed by atoms with E-state index >= 15 is 0 Å². The predicted octanol–water partition coefficient (Wildman–Crippen LogP) is 4.57. The highest BCUT2D eigenvalue weighted by molar-refractivity contribution is 7.99. The Morgan fingerprint density at radius 1 is 1.25 bits per heavy atom. The summed E-state index contributed by atoms with van der Waals surface area (Å²) < 4.78 is 5.73. The molecule has 0 amide bonds. The fourth-order valence-corrected chi connectivity index (χ4v) is 3.95. The van der Waals surface area contributed by atoms with Crippen LogP contribution in [0.5, 0.6) is 5.75 Å². The molecule has 0 heterocycles. The SMILES string of the molecule is CCCOc1ccccc1C(O)CSC1CCCCC1. The number of aliphatic hydroxyl groups is 1. The molecular formula is C17H26O2S. The Morgan fingerprint density at radius 3 is 2.75 bits per heavy atom. The first-order valence-corrected chi connectivity index (χ1v) is 8.87. The van der Waals surface area contributed by atoms with Crippen LogP contribution < -0.4 is 4.74 Å². The molecule has 3 heteroatoms. The molecular weight excluding hydrogens is 268 g/mol. The van der Waals surface area contributed by atoms with Crippen molar-refractivity contribution in [3.63, 3.8) is 0 Å². The van der Waals surface area contributed by atoms with E-state index in [1.807, 2.05) is 36.0 Å². The zero-order valence-electron chi connectivity index (χ0n) is 12.4.